The Balaban J connectivity index is 1.94. The first-order valence-electron chi connectivity index (χ1n) is 9.68. The third-order valence-electron chi connectivity index (χ3n) is 4.54. The minimum Gasteiger partial charge on any atom is -0.495 e. The fraction of sp³-hybridized carbons (Fsp3) is 0.364. The Morgan fingerprint density at radius 1 is 1.10 bits per heavy atom. The first-order valence-corrected chi connectivity index (χ1v) is 10.1. The van der Waals surface area contributed by atoms with E-state index in [9.17, 15) is 9.59 Å². The van der Waals surface area contributed by atoms with Gasteiger partial charge in [0.25, 0.3) is 0 Å². The minimum absolute atomic E-state index is 0.0958. The van der Waals surface area contributed by atoms with Gasteiger partial charge in [-0.25, -0.2) is 0 Å². The van der Waals surface area contributed by atoms with Crippen LogP contribution < -0.4 is 15.4 Å². The molecule has 2 aromatic rings. The van der Waals surface area contributed by atoms with E-state index in [1.54, 1.807) is 18.2 Å². The Morgan fingerprint density at radius 2 is 1.83 bits per heavy atom. The number of halogens is 1. The molecule has 1 unspecified atom stereocenters. The second kappa shape index (κ2) is 11.4. The molecule has 7 heteroatoms. The van der Waals surface area contributed by atoms with Crippen LogP contribution in [-0.2, 0) is 9.59 Å². The van der Waals surface area contributed by atoms with E-state index in [0.29, 0.717) is 23.0 Å². The van der Waals surface area contributed by atoms with E-state index in [1.807, 2.05) is 49.1 Å². The lowest BCUT2D eigenvalue weighted by Crippen LogP contribution is -2.43. The lowest BCUT2D eigenvalue weighted by atomic mass is 10.2. The number of amides is 2. The van der Waals surface area contributed by atoms with Gasteiger partial charge < -0.3 is 15.4 Å². The number of nitrogens with zero attached hydrogens (tertiary/aromatic N) is 1. The second-order valence-corrected chi connectivity index (χ2v) is 7.15. The summed E-state index contributed by atoms with van der Waals surface area (Å²) in [7, 11) is 1.54. The fourth-order valence-electron chi connectivity index (χ4n) is 2.96. The largest absolute Gasteiger partial charge is 0.495 e. The Labute approximate surface area is 177 Å². The van der Waals surface area contributed by atoms with E-state index in [2.05, 4.69) is 10.6 Å². The van der Waals surface area contributed by atoms with Gasteiger partial charge in [0.05, 0.1) is 18.8 Å². The summed E-state index contributed by atoms with van der Waals surface area (Å²) in [4.78, 5) is 27.1. The van der Waals surface area contributed by atoms with Gasteiger partial charge in [-0.05, 0) is 50.2 Å². The van der Waals surface area contributed by atoms with Crippen molar-refractivity contribution in [2.24, 2.45) is 0 Å². The van der Waals surface area contributed by atoms with Gasteiger partial charge in [-0.15, -0.1) is 0 Å². The molecule has 2 rings (SSSR count). The smallest absolute Gasteiger partial charge is 0.241 e. The molecule has 0 aliphatic carbocycles. The van der Waals surface area contributed by atoms with E-state index < -0.39 is 0 Å². The zero-order valence-corrected chi connectivity index (χ0v) is 17.8. The maximum absolute atomic E-state index is 12.6. The number of para-hydroxylation sites is 1. The average Bonchev–Trinajstić information content (AvgIpc) is 2.71. The molecule has 2 N–H and O–H groups in total. The van der Waals surface area contributed by atoms with Crippen LogP contribution >= 0.6 is 11.6 Å². The highest BCUT2D eigenvalue weighted by Gasteiger charge is 2.21. The molecular weight excluding hydrogens is 390 g/mol. The molecular formula is C22H28ClN3O3. The number of anilines is 2. The van der Waals surface area contributed by atoms with Gasteiger partial charge in [0, 0.05) is 23.7 Å². The van der Waals surface area contributed by atoms with Crippen molar-refractivity contribution in [3.05, 3.63) is 53.6 Å². The quantitative estimate of drug-likeness (QED) is 0.600. The van der Waals surface area contributed by atoms with Crippen LogP contribution in [0, 0.1) is 0 Å². The molecule has 0 spiro atoms. The van der Waals surface area contributed by atoms with Gasteiger partial charge in [0.2, 0.25) is 11.8 Å². The molecule has 0 aliphatic rings. The van der Waals surface area contributed by atoms with Crippen molar-refractivity contribution < 1.29 is 14.3 Å². The third-order valence-corrected chi connectivity index (χ3v) is 4.78. The maximum Gasteiger partial charge on any atom is 0.241 e. The summed E-state index contributed by atoms with van der Waals surface area (Å²) in [6.07, 6.45) is 1.13. The Hall–Kier alpha value is -2.57. The summed E-state index contributed by atoms with van der Waals surface area (Å²) < 4.78 is 5.25. The summed E-state index contributed by atoms with van der Waals surface area (Å²) in [5.74, 6) is 0.285. The van der Waals surface area contributed by atoms with Crippen molar-refractivity contribution in [3.63, 3.8) is 0 Å². The maximum atomic E-state index is 12.6. The molecule has 29 heavy (non-hydrogen) atoms. The van der Waals surface area contributed by atoms with E-state index in [4.69, 9.17) is 16.3 Å². The van der Waals surface area contributed by atoms with Crippen LogP contribution in [0.3, 0.4) is 0 Å². The Kier molecular flexibility index (Phi) is 8.96. The topological polar surface area (TPSA) is 70.7 Å². The summed E-state index contributed by atoms with van der Waals surface area (Å²) in [5.41, 5.74) is 1.29. The summed E-state index contributed by atoms with van der Waals surface area (Å²) >= 11 is 6.01. The molecule has 2 aromatic carbocycles. The number of rotatable bonds is 10. The van der Waals surface area contributed by atoms with Gasteiger partial charge in [-0.1, -0.05) is 36.7 Å². The van der Waals surface area contributed by atoms with E-state index in [1.165, 1.54) is 7.11 Å². The number of methoxy groups -OCH3 is 1. The Morgan fingerprint density at radius 3 is 2.48 bits per heavy atom. The van der Waals surface area contributed by atoms with Gasteiger partial charge >= 0.3 is 0 Å². The van der Waals surface area contributed by atoms with Crippen LogP contribution in [0.4, 0.5) is 11.4 Å². The molecule has 0 saturated carbocycles. The molecule has 0 radical (unpaired) electrons. The van der Waals surface area contributed by atoms with Gasteiger partial charge in [0.1, 0.15) is 5.75 Å². The Bertz CT molecular complexity index is 814. The number of nitrogens with one attached hydrogen (secondary N) is 2. The third kappa shape index (κ3) is 7.07. The predicted octanol–water partition coefficient (Wildman–Crippen LogP) is 4.42. The monoisotopic (exact) mass is 417 g/mol. The van der Waals surface area contributed by atoms with Crippen LogP contribution in [-0.4, -0.2) is 43.0 Å². The van der Waals surface area contributed by atoms with Gasteiger partial charge in [-0.3, -0.25) is 14.5 Å². The number of carbonyl (C=O) groups excluding carboxylic acids is 2. The molecule has 6 nitrogen and oxygen atoms in total. The molecule has 156 valence electrons. The molecule has 0 aliphatic heterocycles. The van der Waals surface area contributed by atoms with Crippen molar-refractivity contribution in [1.82, 2.24) is 4.90 Å². The molecule has 0 bridgehead atoms. The molecule has 2 amide bonds. The van der Waals surface area contributed by atoms with Crippen molar-refractivity contribution in [2.75, 3.05) is 30.8 Å². The van der Waals surface area contributed by atoms with E-state index >= 15 is 0 Å². The van der Waals surface area contributed by atoms with Crippen molar-refractivity contribution in [2.45, 2.75) is 32.7 Å². The number of carbonyl (C=O) groups is 2. The van der Waals surface area contributed by atoms with Crippen molar-refractivity contribution in [3.8, 4) is 5.75 Å². The molecule has 1 atom stereocenters. The van der Waals surface area contributed by atoms with Crippen LogP contribution in [0.5, 0.6) is 5.75 Å². The number of ether oxygens (including phenoxy) is 1. The van der Waals surface area contributed by atoms with Crippen LogP contribution in [0.25, 0.3) is 0 Å². The fourth-order valence-corrected chi connectivity index (χ4v) is 3.13. The molecule has 0 fully saturated rings. The second-order valence-electron chi connectivity index (χ2n) is 6.71. The number of hydrogen-bond donors (Lipinski definition) is 2. The molecule has 0 saturated heterocycles. The van der Waals surface area contributed by atoms with Crippen molar-refractivity contribution >= 4 is 34.8 Å². The van der Waals surface area contributed by atoms with Crippen LogP contribution in [0.2, 0.25) is 5.02 Å². The van der Waals surface area contributed by atoms with Crippen LogP contribution in [0.1, 0.15) is 26.7 Å². The first kappa shape index (κ1) is 22.7. The SMILES string of the molecule is CCCN(CCC(=O)Nc1cc(Cl)ccc1OC)C(C)C(=O)Nc1ccccc1. The first-order chi connectivity index (χ1) is 13.9. The number of hydrogen-bond acceptors (Lipinski definition) is 4. The highest BCUT2D eigenvalue weighted by Crippen LogP contribution is 2.27. The average molecular weight is 418 g/mol. The predicted molar refractivity (Wildman–Crippen MR) is 118 cm³/mol. The zero-order chi connectivity index (χ0) is 21.2. The highest BCUT2D eigenvalue weighted by molar-refractivity contribution is 6.31. The van der Waals surface area contributed by atoms with Gasteiger partial charge in [0.15, 0.2) is 0 Å². The lowest BCUT2D eigenvalue weighted by Gasteiger charge is -2.27. The standard InChI is InChI=1S/C22H28ClN3O3/c1-4-13-26(16(2)22(28)24-18-8-6-5-7-9-18)14-12-21(27)25-19-15-17(23)10-11-20(19)29-3/h5-11,15-16H,4,12-14H2,1-3H3,(H,24,28)(H,25,27). The lowest BCUT2D eigenvalue weighted by molar-refractivity contribution is -0.122. The normalized spacial score (nSPS) is 11.8. The summed E-state index contributed by atoms with van der Waals surface area (Å²) in [5, 5.41) is 6.26. The highest BCUT2D eigenvalue weighted by atomic mass is 35.5. The zero-order valence-electron chi connectivity index (χ0n) is 17.1. The van der Waals surface area contributed by atoms with Gasteiger partial charge in [-0.2, -0.15) is 0 Å². The van der Waals surface area contributed by atoms with E-state index in [-0.39, 0.29) is 24.3 Å². The molecule has 0 aromatic heterocycles. The summed E-state index contributed by atoms with van der Waals surface area (Å²) in [6, 6.07) is 14.0. The molecule has 0 heterocycles. The van der Waals surface area contributed by atoms with Crippen LogP contribution in [0.15, 0.2) is 48.5 Å². The minimum atomic E-state index is -0.358. The number of benzene rings is 2. The van der Waals surface area contributed by atoms with E-state index in [0.717, 1.165) is 18.7 Å². The van der Waals surface area contributed by atoms with Crippen molar-refractivity contribution in [1.29, 1.82) is 0 Å². The summed E-state index contributed by atoms with van der Waals surface area (Å²) in [6.45, 7) is 5.08.